The van der Waals surface area contributed by atoms with Gasteiger partial charge in [0, 0.05) is 13.6 Å². The van der Waals surface area contributed by atoms with Crippen LogP contribution in [0.25, 0.3) is 0 Å². The second-order valence-corrected chi connectivity index (χ2v) is 5.96. The van der Waals surface area contributed by atoms with Crippen molar-refractivity contribution < 1.29 is 9.53 Å². The van der Waals surface area contributed by atoms with E-state index in [1.165, 1.54) is 5.56 Å². The van der Waals surface area contributed by atoms with Crippen molar-refractivity contribution in [3.63, 3.8) is 0 Å². The number of carbonyl (C=O) groups excluding carboxylic acids is 1. The van der Waals surface area contributed by atoms with E-state index in [0.29, 0.717) is 13.0 Å². The molecule has 0 N–H and O–H groups in total. The second kappa shape index (κ2) is 7.82. The van der Waals surface area contributed by atoms with Gasteiger partial charge in [-0.2, -0.15) is 0 Å². The highest BCUT2D eigenvalue weighted by molar-refractivity contribution is 5.81. The van der Waals surface area contributed by atoms with Gasteiger partial charge in [-0.15, -0.1) is 0 Å². The summed E-state index contributed by atoms with van der Waals surface area (Å²) in [6.45, 7) is 6.62. The van der Waals surface area contributed by atoms with E-state index in [1.807, 2.05) is 70.3 Å². The first kappa shape index (κ1) is 17.1. The molecule has 0 saturated heterocycles. The first-order chi connectivity index (χ1) is 11.0. The van der Waals surface area contributed by atoms with Gasteiger partial charge in [-0.1, -0.05) is 55.0 Å². The van der Waals surface area contributed by atoms with Crippen LogP contribution in [-0.2, 0) is 11.3 Å². The Kier molecular flexibility index (Phi) is 5.80. The molecular weight excluding hydrogens is 286 g/mol. The molecule has 0 fully saturated rings. The number of nitrogens with zero attached hydrogens (tertiary/aromatic N) is 1. The van der Waals surface area contributed by atoms with Gasteiger partial charge in [0.1, 0.15) is 5.75 Å². The maximum Gasteiger partial charge on any atom is 0.263 e. The molecule has 2 rings (SSSR count). The molecular formula is C20H25NO2. The van der Waals surface area contributed by atoms with Gasteiger partial charge >= 0.3 is 0 Å². The van der Waals surface area contributed by atoms with Crippen molar-refractivity contribution in [3.8, 4) is 5.75 Å². The molecule has 0 heterocycles. The molecule has 0 bridgehead atoms. The van der Waals surface area contributed by atoms with Crippen LogP contribution in [0.4, 0.5) is 0 Å². The molecule has 3 nitrogen and oxygen atoms in total. The van der Waals surface area contributed by atoms with Gasteiger partial charge in [-0.05, 0) is 37.5 Å². The zero-order valence-electron chi connectivity index (χ0n) is 14.4. The number of ether oxygens (including phenoxy) is 1. The Morgan fingerprint density at radius 2 is 1.83 bits per heavy atom. The molecule has 122 valence electrons. The lowest BCUT2D eigenvalue weighted by molar-refractivity contribution is -0.138. The molecule has 2 aromatic carbocycles. The minimum absolute atomic E-state index is 0.0105. The normalized spacial score (nSPS) is 11.8. The molecule has 0 radical (unpaired) electrons. The summed E-state index contributed by atoms with van der Waals surface area (Å²) in [6.07, 6.45) is 0.191. The fourth-order valence-electron chi connectivity index (χ4n) is 2.57. The Labute approximate surface area is 138 Å². The first-order valence-electron chi connectivity index (χ1n) is 8.04. The first-order valence-corrected chi connectivity index (χ1v) is 8.04. The lowest BCUT2D eigenvalue weighted by Crippen LogP contribution is -2.39. The second-order valence-electron chi connectivity index (χ2n) is 5.96. The summed E-state index contributed by atoms with van der Waals surface area (Å²) in [5.74, 6) is 0.792. The molecule has 1 atom stereocenters. The standard InChI is InChI=1S/C20H25NO2/c1-5-18(23-19-12-11-15(2)13-16(19)3)20(22)21(4)14-17-9-7-6-8-10-17/h6-13,18H,5,14H2,1-4H3/t18-/m0/s1. The Morgan fingerprint density at radius 1 is 1.13 bits per heavy atom. The van der Waals surface area contributed by atoms with E-state index in [-0.39, 0.29) is 5.91 Å². The molecule has 2 aromatic rings. The number of likely N-dealkylation sites (N-methyl/N-ethyl adjacent to an activating group) is 1. The van der Waals surface area contributed by atoms with Gasteiger partial charge in [-0.25, -0.2) is 0 Å². The Bertz CT molecular complexity index is 652. The van der Waals surface area contributed by atoms with Gasteiger partial charge in [-0.3, -0.25) is 4.79 Å². The minimum Gasteiger partial charge on any atom is -0.480 e. The van der Waals surface area contributed by atoms with Crippen molar-refractivity contribution in [2.24, 2.45) is 0 Å². The quantitative estimate of drug-likeness (QED) is 0.803. The molecule has 0 aliphatic rings. The fraction of sp³-hybridized carbons (Fsp3) is 0.350. The van der Waals surface area contributed by atoms with Crippen LogP contribution in [-0.4, -0.2) is 24.0 Å². The zero-order valence-corrected chi connectivity index (χ0v) is 14.4. The van der Waals surface area contributed by atoms with Gasteiger partial charge in [0.05, 0.1) is 0 Å². The van der Waals surface area contributed by atoms with Gasteiger partial charge in [0.2, 0.25) is 0 Å². The summed E-state index contributed by atoms with van der Waals surface area (Å²) in [5.41, 5.74) is 3.36. The van der Waals surface area contributed by atoms with Crippen LogP contribution in [0.1, 0.15) is 30.0 Å². The molecule has 23 heavy (non-hydrogen) atoms. The number of rotatable bonds is 6. The van der Waals surface area contributed by atoms with Crippen molar-refractivity contribution in [2.75, 3.05) is 7.05 Å². The highest BCUT2D eigenvalue weighted by atomic mass is 16.5. The van der Waals surface area contributed by atoms with Crippen molar-refractivity contribution in [2.45, 2.75) is 39.8 Å². The van der Waals surface area contributed by atoms with E-state index in [2.05, 4.69) is 6.07 Å². The number of hydrogen-bond acceptors (Lipinski definition) is 2. The van der Waals surface area contributed by atoms with Crippen LogP contribution in [0.5, 0.6) is 5.75 Å². The largest absolute Gasteiger partial charge is 0.480 e. The van der Waals surface area contributed by atoms with E-state index in [9.17, 15) is 4.79 Å². The number of benzene rings is 2. The average Bonchev–Trinajstić information content (AvgIpc) is 2.54. The molecule has 0 aromatic heterocycles. The maximum atomic E-state index is 12.7. The van der Waals surface area contributed by atoms with Crippen LogP contribution in [0.3, 0.4) is 0 Å². The van der Waals surface area contributed by atoms with Crippen LogP contribution in [0.15, 0.2) is 48.5 Å². The summed E-state index contributed by atoms with van der Waals surface area (Å²) >= 11 is 0. The van der Waals surface area contributed by atoms with Crippen LogP contribution in [0, 0.1) is 13.8 Å². The molecule has 0 unspecified atom stereocenters. The van der Waals surface area contributed by atoms with E-state index >= 15 is 0 Å². The van der Waals surface area contributed by atoms with E-state index in [1.54, 1.807) is 4.90 Å². The summed E-state index contributed by atoms with van der Waals surface area (Å²) in [7, 11) is 1.82. The van der Waals surface area contributed by atoms with Gasteiger partial charge < -0.3 is 9.64 Å². The van der Waals surface area contributed by atoms with E-state index in [0.717, 1.165) is 16.9 Å². The van der Waals surface area contributed by atoms with Crippen LogP contribution < -0.4 is 4.74 Å². The monoisotopic (exact) mass is 311 g/mol. The Balaban J connectivity index is 2.05. The van der Waals surface area contributed by atoms with Crippen molar-refractivity contribution >= 4 is 5.91 Å². The average molecular weight is 311 g/mol. The third-order valence-electron chi connectivity index (χ3n) is 3.88. The van der Waals surface area contributed by atoms with Crippen LogP contribution >= 0.6 is 0 Å². The molecule has 0 spiro atoms. The van der Waals surface area contributed by atoms with Crippen molar-refractivity contribution in [3.05, 3.63) is 65.2 Å². The number of carbonyl (C=O) groups is 1. The number of aryl methyl sites for hydroxylation is 2. The molecule has 0 aliphatic heterocycles. The fourth-order valence-corrected chi connectivity index (χ4v) is 2.57. The minimum atomic E-state index is -0.454. The Hall–Kier alpha value is -2.29. The van der Waals surface area contributed by atoms with Crippen LogP contribution in [0.2, 0.25) is 0 Å². The third-order valence-corrected chi connectivity index (χ3v) is 3.88. The van der Waals surface area contributed by atoms with E-state index in [4.69, 9.17) is 4.74 Å². The summed E-state index contributed by atoms with van der Waals surface area (Å²) in [4.78, 5) is 14.4. The van der Waals surface area contributed by atoms with E-state index < -0.39 is 6.10 Å². The predicted octanol–water partition coefficient (Wildman–Crippen LogP) is 4.12. The Morgan fingerprint density at radius 3 is 2.43 bits per heavy atom. The summed E-state index contributed by atoms with van der Waals surface area (Å²) < 4.78 is 5.98. The number of hydrogen-bond donors (Lipinski definition) is 0. The van der Waals surface area contributed by atoms with Crippen molar-refractivity contribution in [1.82, 2.24) is 4.90 Å². The smallest absolute Gasteiger partial charge is 0.263 e. The summed E-state index contributed by atoms with van der Waals surface area (Å²) in [5, 5.41) is 0. The zero-order chi connectivity index (χ0) is 16.8. The SMILES string of the molecule is CC[C@H](Oc1ccc(C)cc1C)C(=O)N(C)Cc1ccccc1. The predicted molar refractivity (Wildman–Crippen MR) is 93.5 cm³/mol. The lowest BCUT2D eigenvalue weighted by Gasteiger charge is -2.24. The lowest BCUT2D eigenvalue weighted by atomic mass is 10.1. The van der Waals surface area contributed by atoms with Gasteiger partial charge in [0.15, 0.2) is 6.10 Å². The molecule has 0 saturated carbocycles. The molecule has 3 heteroatoms. The van der Waals surface area contributed by atoms with Crippen molar-refractivity contribution in [1.29, 1.82) is 0 Å². The van der Waals surface area contributed by atoms with Gasteiger partial charge in [0.25, 0.3) is 5.91 Å². The number of amides is 1. The molecule has 0 aliphatic carbocycles. The maximum absolute atomic E-state index is 12.7. The third kappa shape index (κ3) is 4.59. The molecule has 1 amide bonds. The topological polar surface area (TPSA) is 29.5 Å². The summed E-state index contributed by atoms with van der Waals surface area (Å²) in [6, 6.07) is 16.0. The highest BCUT2D eigenvalue weighted by Gasteiger charge is 2.22. The highest BCUT2D eigenvalue weighted by Crippen LogP contribution is 2.21.